The molecular formula is C17H13BrN2O3. The number of amides is 1. The Morgan fingerprint density at radius 1 is 1.09 bits per heavy atom. The molecule has 0 aliphatic rings. The second-order valence-electron chi connectivity index (χ2n) is 4.66. The summed E-state index contributed by atoms with van der Waals surface area (Å²) in [5, 5.41) is 11.0. The molecule has 2 aromatic rings. The van der Waals surface area contributed by atoms with Gasteiger partial charge in [-0.25, -0.2) is 4.79 Å². The van der Waals surface area contributed by atoms with Crippen molar-refractivity contribution in [2.24, 2.45) is 0 Å². The zero-order valence-corrected chi connectivity index (χ0v) is 13.7. The SMILES string of the molecule is N#CCC(=O)Nc1ccc(C(=O)OCc2ccc(Br)cc2)cc1. The van der Waals surface area contributed by atoms with Gasteiger partial charge in [0.25, 0.3) is 0 Å². The molecule has 0 aliphatic carbocycles. The summed E-state index contributed by atoms with van der Waals surface area (Å²) >= 11 is 3.34. The molecule has 1 amide bonds. The average Bonchev–Trinajstić information content (AvgIpc) is 2.55. The van der Waals surface area contributed by atoms with Gasteiger partial charge in [0.05, 0.1) is 11.6 Å². The largest absolute Gasteiger partial charge is 0.457 e. The highest BCUT2D eigenvalue weighted by atomic mass is 79.9. The quantitative estimate of drug-likeness (QED) is 0.812. The van der Waals surface area contributed by atoms with Crippen molar-refractivity contribution in [1.29, 1.82) is 5.26 Å². The Morgan fingerprint density at radius 2 is 1.74 bits per heavy atom. The fourth-order valence-electron chi connectivity index (χ4n) is 1.78. The molecule has 6 heteroatoms. The predicted octanol–water partition coefficient (Wildman–Crippen LogP) is 3.66. The molecule has 0 atom stereocenters. The molecule has 2 rings (SSSR count). The Kier molecular flexibility index (Phi) is 5.89. The summed E-state index contributed by atoms with van der Waals surface area (Å²) in [6.07, 6.45) is -0.211. The van der Waals surface area contributed by atoms with E-state index < -0.39 is 11.9 Å². The van der Waals surface area contributed by atoms with E-state index >= 15 is 0 Å². The van der Waals surface area contributed by atoms with Crippen LogP contribution in [0.25, 0.3) is 0 Å². The van der Waals surface area contributed by atoms with Crippen molar-refractivity contribution in [2.75, 3.05) is 5.32 Å². The number of halogens is 1. The summed E-state index contributed by atoms with van der Waals surface area (Å²) in [4.78, 5) is 23.2. The highest BCUT2D eigenvalue weighted by Gasteiger charge is 2.08. The molecule has 0 heterocycles. The van der Waals surface area contributed by atoms with Crippen LogP contribution in [-0.2, 0) is 16.1 Å². The van der Waals surface area contributed by atoms with Crippen LogP contribution in [0.2, 0.25) is 0 Å². The first kappa shape index (κ1) is 16.7. The number of carbonyl (C=O) groups is 2. The first-order chi connectivity index (χ1) is 11.1. The molecule has 0 unspecified atom stereocenters. The predicted molar refractivity (Wildman–Crippen MR) is 88.6 cm³/mol. The van der Waals surface area contributed by atoms with Crippen molar-refractivity contribution in [1.82, 2.24) is 0 Å². The fourth-order valence-corrected chi connectivity index (χ4v) is 2.04. The van der Waals surface area contributed by atoms with Crippen LogP contribution in [0, 0.1) is 11.3 Å². The number of anilines is 1. The monoisotopic (exact) mass is 372 g/mol. The van der Waals surface area contributed by atoms with Crippen molar-refractivity contribution in [3.8, 4) is 6.07 Å². The smallest absolute Gasteiger partial charge is 0.338 e. The second kappa shape index (κ2) is 8.11. The van der Waals surface area contributed by atoms with Crippen molar-refractivity contribution < 1.29 is 14.3 Å². The molecule has 0 aromatic heterocycles. The first-order valence-corrected chi connectivity index (χ1v) is 7.56. The molecule has 0 fully saturated rings. The molecular weight excluding hydrogens is 360 g/mol. The molecule has 0 aliphatic heterocycles. The van der Waals surface area contributed by atoms with Crippen molar-refractivity contribution >= 4 is 33.5 Å². The first-order valence-electron chi connectivity index (χ1n) is 6.77. The van der Waals surface area contributed by atoms with Gasteiger partial charge in [0.2, 0.25) is 5.91 Å². The zero-order valence-electron chi connectivity index (χ0n) is 12.1. The van der Waals surface area contributed by atoms with Crippen LogP contribution in [0.15, 0.2) is 53.0 Å². The van der Waals surface area contributed by atoms with Gasteiger partial charge in [-0.1, -0.05) is 28.1 Å². The number of nitriles is 1. The van der Waals surface area contributed by atoms with Crippen molar-refractivity contribution in [3.63, 3.8) is 0 Å². The number of ether oxygens (including phenoxy) is 1. The van der Waals surface area contributed by atoms with Gasteiger partial charge in [0, 0.05) is 10.2 Å². The van der Waals surface area contributed by atoms with Gasteiger partial charge >= 0.3 is 5.97 Å². The fraction of sp³-hybridized carbons (Fsp3) is 0.118. The minimum absolute atomic E-state index is 0.187. The Hall–Kier alpha value is -2.65. The number of hydrogen-bond acceptors (Lipinski definition) is 4. The molecule has 1 N–H and O–H groups in total. The van der Waals surface area contributed by atoms with Crippen LogP contribution >= 0.6 is 15.9 Å². The van der Waals surface area contributed by atoms with Gasteiger partial charge in [-0.2, -0.15) is 5.26 Å². The number of rotatable bonds is 5. The number of esters is 1. The molecule has 0 bridgehead atoms. The van der Waals surface area contributed by atoms with Gasteiger partial charge in [-0.3, -0.25) is 4.79 Å². The number of carbonyl (C=O) groups excluding carboxylic acids is 2. The minimum atomic E-state index is -0.442. The van der Waals surface area contributed by atoms with Crippen LogP contribution in [0.5, 0.6) is 0 Å². The number of nitrogens with zero attached hydrogens (tertiary/aromatic N) is 1. The van der Waals surface area contributed by atoms with E-state index in [-0.39, 0.29) is 13.0 Å². The summed E-state index contributed by atoms with van der Waals surface area (Å²) in [5.41, 5.74) is 1.80. The molecule has 0 spiro atoms. The highest BCUT2D eigenvalue weighted by molar-refractivity contribution is 9.10. The van der Waals surface area contributed by atoms with Gasteiger partial charge in [0.1, 0.15) is 13.0 Å². The van der Waals surface area contributed by atoms with E-state index in [2.05, 4.69) is 21.2 Å². The lowest BCUT2D eigenvalue weighted by atomic mass is 10.2. The van der Waals surface area contributed by atoms with E-state index in [0.29, 0.717) is 11.3 Å². The van der Waals surface area contributed by atoms with E-state index in [1.165, 1.54) is 0 Å². The number of hydrogen-bond donors (Lipinski definition) is 1. The summed E-state index contributed by atoms with van der Waals surface area (Å²) in [6, 6.07) is 15.6. The molecule has 0 saturated carbocycles. The Morgan fingerprint density at radius 3 is 2.35 bits per heavy atom. The normalized spacial score (nSPS) is 9.74. The van der Waals surface area contributed by atoms with Crippen LogP contribution < -0.4 is 5.32 Å². The topological polar surface area (TPSA) is 79.2 Å². The maximum Gasteiger partial charge on any atom is 0.338 e. The van der Waals surface area contributed by atoms with Crippen molar-refractivity contribution in [3.05, 3.63) is 64.1 Å². The Balaban J connectivity index is 1.91. The summed E-state index contributed by atoms with van der Waals surface area (Å²) in [6.45, 7) is 0.187. The molecule has 23 heavy (non-hydrogen) atoms. The molecule has 2 aromatic carbocycles. The lowest BCUT2D eigenvalue weighted by molar-refractivity contribution is -0.115. The van der Waals surface area contributed by atoms with E-state index in [9.17, 15) is 9.59 Å². The van der Waals surface area contributed by atoms with E-state index in [0.717, 1.165) is 10.0 Å². The van der Waals surface area contributed by atoms with Crippen LogP contribution in [0.3, 0.4) is 0 Å². The molecule has 5 nitrogen and oxygen atoms in total. The van der Waals surface area contributed by atoms with Crippen LogP contribution in [0.1, 0.15) is 22.3 Å². The van der Waals surface area contributed by atoms with Gasteiger partial charge in [-0.05, 0) is 42.0 Å². The minimum Gasteiger partial charge on any atom is -0.457 e. The van der Waals surface area contributed by atoms with Gasteiger partial charge in [-0.15, -0.1) is 0 Å². The Bertz CT molecular complexity index is 734. The average molecular weight is 373 g/mol. The zero-order chi connectivity index (χ0) is 16.7. The molecule has 0 radical (unpaired) electrons. The Labute approximate surface area is 142 Å². The highest BCUT2D eigenvalue weighted by Crippen LogP contribution is 2.14. The van der Waals surface area contributed by atoms with Gasteiger partial charge < -0.3 is 10.1 Å². The number of benzene rings is 2. The summed E-state index contributed by atoms with van der Waals surface area (Å²) < 4.78 is 6.19. The van der Waals surface area contributed by atoms with Gasteiger partial charge in [0.15, 0.2) is 0 Å². The molecule has 116 valence electrons. The third-order valence-electron chi connectivity index (χ3n) is 2.93. The standard InChI is InChI=1S/C17H13BrN2O3/c18-14-5-1-12(2-6-14)11-23-17(22)13-3-7-15(8-4-13)20-16(21)9-10-19/h1-8H,9,11H2,(H,20,21). The maximum absolute atomic E-state index is 12.0. The third kappa shape index (κ3) is 5.24. The summed E-state index contributed by atoms with van der Waals surface area (Å²) in [5.74, 6) is -0.833. The second-order valence-corrected chi connectivity index (χ2v) is 5.58. The summed E-state index contributed by atoms with van der Waals surface area (Å²) in [7, 11) is 0. The van der Waals surface area contributed by atoms with E-state index in [1.807, 2.05) is 24.3 Å². The molecule has 0 saturated heterocycles. The van der Waals surface area contributed by atoms with Crippen LogP contribution in [0.4, 0.5) is 5.69 Å². The van der Waals surface area contributed by atoms with Crippen molar-refractivity contribution in [2.45, 2.75) is 13.0 Å². The van der Waals surface area contributed by atoms with E-state index in [4.69, 9.17) is 10.00 Å². The third-order valence-corrected chi connectivity index (χ3v) is 3.46. The number of nitrogens with one attached hydrogen (secondary N) is 1. The van der Waals surface area contributed by atoms with Crippen LogP contribution in [-0.4, -0.2) is 11.9 Å². The lowest BCUT2D eigenvalue weighted by Gasteiger charge is -2.07. The lowest BCUT2D eigenvalue weighted by Crippen LogP contribution is -2.10. The maximum atomic E-state index is 12.0. The van der Waals surface area contributed by atoms with E-state index in [1.54, 1.807) is 30.3 Å².